The maximum atomic E-state index is 12.4. The van der Waals surface area contributed by atoms with Gasteiger partial charge in [-0.05, 0) is 49.2 Å². The third-order valence-electron chi connectivity index (χ3n) is 4.42. The van der Waals surface area contributed by atoms with E-state index in [0.29, 0.717) is 17.9 Å². The number of nitrogens with one attached hydrogen (secondary N) is 2. The van der Waals surface area contributed by atoms with Crippen molar-refractivity contribution < 1.29 is 28.6 Å². The molecule has 0 aliphatic rings. The summed E-state index contributed by atoms with van der Waals surface area (Å²) in [5, 5.41) is 5.29. The van der Waals surface area contributed by atoms with Crippen molar-refractivity contribution in [1.82, 2.24) is 10.6 Å². The molecule has 0 aromatic heterocycles. The molecule has 2 aromatic rings. The van der Waals surface area contributed by atoms with E-state index in [1.54, 1.807) is 68.4 Å². The van der Waals surface area contributed by atoms with Crippen LogP contribution < -0.4 is 20.1 Å². The van der Waals surface area contributed by atoms with Crippen LogP contribution in [0, 0.1) is 5.92 Å². The van der Waals surface area contributed by atoms with Gasteiger partial charge >= 0.3 is 5.97 Å². The number of esters is 1. The molecule has 0 heterocycles. The predicted molar refractivity (Wildman–Crippen MR) is 120 cm³/mol. The minimum atomic E-state index is -0.863. The molecule has 0 spiro atoms. The van der Waals surface area contributed by atoms with Crippen molar-refractivity contribution in [2.75, 3.05) is 26.4 Å². The smallest absolute Gasteiger partial charge is 0.329 e. The Labute approximate surface area is 188 Å². The Hall–Kier alpha value is -3.55. The molecule has 2 rings (SSSR count). The molecule has 0 aliphatic heterocycles. The largest absolute Gasteiger partial charge is 0.494 e. The van der Waals surface area contributed by atoms with E-state index in [9.17, 15) is 14.4 Å². The summed E-state index contributed by atoms with van der Waals surface area (Å²) in [7, 11) is 0. The van der Waals surface area contributed by atoms with Gasteiger partial charge in [0.25, 0.3) is 11.8 Å². The molecule has 0 aliphatic carbocycles. The van der Waals surface area contributed by atoms with Crippen LogP contribution in [0.25, 0.3) is 0 Å². The molecule has 0 radical (unpaired) electrons. The van der Waals surface area contributed by atoms with E-state index in [2.05, 4.69) is 10.6 Å². The maximum Gasteiger partial charge on any atom is 0.329 e. The summed E-state index contributed by atoms with van der Waals surface area (Å²) < 4.78 is 16.0. The van der Waals surface area contributed by atoms with Gasteiger partial charge in [0, 0.05) is 5.56 Å². The lowest BCUT2D eigenvalue weighted by Crippen LogP contribution is -2.46. The lowest BCUT2D eigenvalue weighted by Gasteiger charge is -2.20. The summed E-state index contributed by atoms with van der Waals surface area (Å²) in [4.78, 5) is 36.7. The number of hydrogen-bond acceptors (Lipinski definition) is 6. The number of ether oxygens (including phenoxy) is 3. The molecule has 8 nitrogen and oxygen atoms in total. The fourth-order valence-corrected chi connectivity index (χ4v) is 2.75. The van der Waals surface area contributed by atoms with Crippen LogP contribution in [0.2, 0.25) is 0 Å². The number of rotatable bonds is 12. The van der Waals surface area contributed by atoms with Gasteiger partial charge in [-0.15, -0.1) is 0 Å². The quantitative estimate of drug-likeness (QED) is 0.387. The third-order valence-corrected chi connectivity index (χ3v) is 4.42. The van der Waals surface area contributed by atoms with Crippen molar-refractivity contribution in [1.29, 1.82) is 0 Å². The second kappa shape index (κ2) is 13.0. The highest BCUT2D eigenvalue weighted by Crippen LogP contribution is 2.17. The van der Waals surface area contributed by atoms with Gasteiger partial charge in [0.2, 0.25) is 0 Å². The second-order valence-corrected chi connectivity index (χ2v) is 7.27. The summed E-state index contributed by atoms with van der Waals surface area (Å²) in [5.74, 6) is -0.286. The van der Waals surface area contributed by atoms with E-state index in [-0.39, 0.29) is 25.0 Å². The second-order valence-electron chi connectivity index (χ2n) is 7.27. The number of amides is 2. The summed E-state index contributed by atoms with van der Waals surface area (Å²) >= 11 is 0. The normalized spacial score (nSPS) is 11.4. The number of carbonyl (C=O) groups is 3. The van der Waals surface area contributed by atoms with Crippen molar-refractivity contribution >= 4 is 17.8 Å². The number of benzene rings is 2. The third kappa shape index (κ3) is 8.29. The molecule has 0 fully saturated rings. The van der Waals surface area contributed by atoms with Crippen molar-refractivity contribution in [2.45, 2.75) is 26.8 Å². The van der Waals surface area contributed by atoms with Gasteiger partial charge in [0.1, 0.15) is 24.1 Å². The Bertz CT molecular complexity index is 868. The van der Waals surface area contributed by atoms with Crippen LogP contribution in [0.4, 0.5) is 0 Å². The number of carbonyl (C=O) groups excluding carboxylic acids is 3. The molecule has 0 saturated carbocycles. The van der Waals surface area contributed by atoms with Gasteiger partial charge in [0.15, 0.2) is 6.61 Å². The Kier molecular flexibility index (Phi) is 10.0. The van der Waals surface area contributed by atoms with Crippen LogP contribution in [0.5, 0.6) is 11.5 Å². The van der Waals surface area contributed by atoms with Gasteiger partial charge in [-0.25, -0.2) is 4.79 Å². The van der Waals surface area contributed by atoms with Crippen LogP contribution >= 0.6 is 0 Å². The molecule has 1 atom stereocenters. The Morgan fingerprint density at radius 2 is 1.53 bits per heavy atom. The van der Waals surface area contributed by atoms with E-state index >= 15 is 0 Å². The van der Waals surface area contributed by atoms with Crippen LogP contribution in [0.15, 0.2) is 54.6 Å². The van der Waals surface area contributed by atoms with Crippen LogP contribution in [0.3, 0.4) is 0 Å². The first-order chi connectivity index (χ1) is 15.4. The SMILES string of the molecule is CCOc1ccc(OCCNC(=O)COC(=O)[C@@H](NC(=O)c2ccccc2)C(C)C)cc1. The first-order valence-electron chi connectivity index (χ1n) is 10.6. The average Bonchev–Trinajstić information content (AvgIpc) is 2.80. The highest BCUT2D eigenvalue weighted by Gasteiger charge is 2.26. The topological polar surface area (TPSA) is 103 Å². The van der Waals surface area contributed by atoms with Crippen LogP contribution in [0.1, 0.15) is 31.1 Å². The fourth-order valence-electron chi connectivity index (χ4n) is 2.75. The van der Waals surface area contributed by atoms with Crippen LogP contribution in [-0.2, 0) is 14.3 Å². The molecular weight excluding hydrogens is 412 g/mol. The predicted octanol–water partition coefficient (Wildman–Crippen LogP) is 2.58. The van der Waals surface area contributed by atoms with Gasteiger partial charge in [-0.2, -0.15) is 0 Å². The molecule has 2 N–H and O–H groups in total. The average molecular weight is 443 g/mol. The highest BCUT2D eigenvalue weighted by molar-refractivity contribution is 5.97. The molecule has 0 bridgehead atoms. The van der Waals surface area contributed by atoms with Gasteiger partial charge in [-0.1, -0.05) is 32.0 Å². The standard InChI is InChI=1S/C24H30N2O6/c1-4-30-19-10-12-20(13-11-19)31-15-14-25-21(27)16-32-24(29)22(17(2)3)26-23(28)18-8-6-5-7-9-18/h5-13,17,22H,4,14-16H2,1-3H3,(H,25,27)(H,26,28)/t22-/m0/s1. The fraction of sp³-hybridized carbons (Fsp3) is 0.375. The van der Waals surface area contributed by atoms with Crippen molar-refractivity contribution in [3.05, 3.63) is 60.2 Å². The van der Waals surface area contributed by atoms with Gasteiger partial charge in [-0.3, -0.25) is 9.59 Å². The lowest BCUT2D eigenvalue weighted by molar-refractivity contribution is -0.151. The van der Waals surface area contributed by atoms with Gasteiger partial charge in [0.05, 0.1) is 13.2 Å². The van der Waals surface area contributed by atoms with Crippen molar-refractivity contribution in [2.24, 2.45) is 5.92 Å². The molecular formula is C24H30N2O6. The Balaban J connectivity index is 1.70. The summed E-state index contributed by atoms with van der Waals surface area (Å²) in [6.45, 7) is 6.15. The summed E-state index contributed by atoms with van der Waals surface area (Å²) in [6.07, 6.45) is 0. The van der Waals surface area contributed by atoms with E-state index in [1.807, 2.05) is 6.92 Å². The lowest BCUT2D eigenvalue weighted by atomic mass is 10.0. The Morgan fingerprint density at radius 1 is 0.906 bits per heavy atom. The summed E-state index contributed by atoms with van der Waals surface area (Å²) in [6, 6.07) is 14.9. The minimum Gasteiger partial charge on any atom is -0.494 e. The minimum absolute atomic E-state index is 0.208. The van der Waals surface area contributed by atoms with E-state index < -0.39 is 24.5 Å². The van der Waals surface area contributed by atoms with Crippen LogP contribution in [-0.4, -0.2) is 50.2 Å². The molecule has 2 aromatic carbocycles. The maximum absolute atomic E-state index is 12.4. The zero-order chi connectivity index (χ0) is 23.3. The zero-order valence-corrected chi connectivity index (χ0v) is 18.6. The molecule has 172 valence electrons. The molecule has 0 saturated heterocycles. The molecule has 8 heteroatoms. The highest BCUT2D eigenvalue weighted by atomic mass is 16.5. The zero-order valence-electron chi connectivity index (χ0n) is 18.6. The number of hydrogen-bond donors (Lipinski definition) is 2. The molecule has 0 unspecified atom stereocenters. The van der Waals surface area contributed by atoms with E-state index in [4.69, 9.17) is 14.2 Å². The van der Waals surface area contributed by atoms with E-state index in [0.717, 1.165) is 5.75 Å². The van der Waals surface area contributed by atoms with Crippen molar-refractivity contribution in [3.8, 4) is 11.5 Å². The van der Waals surface area contributed by atoms with E-state index in [1.165, 1.54) is 0 Å². The monoisotopic (exact) mass is 442 g/mol. The molecule has 2 amide bonds. The molecule has 32 heavy (non-hydrogen) atoms. The first kappa shape index (κ1) is 24.7. The Morgan fingerprint density at radius 3 is 2.12 bits per heavy atom. The van der Waals surface area contributed by atoms with Crippen molar-refractivity contribution in [3.63, 3.8) is 0 Å². The van der Waals surface area contributed by atoms with Gasteiger partial charge < -0.3 is 24.8 Å². The summed E-state index contributed by atoms with van der Waals surface area (Å²) in [5.41, 5.74) is 0.441. The first-order valence-corrected chi connectivity index (χ1v) is 10.6.